The maximum absolute atomic E-state index is 12.5. The van der Waals surface area contributed by atoms with Crippen LogP contribution < -0.4 is 9.47 Å². The second kappa shape index (κ2) is 7.44. The smallest absolute Gasteiger partial charge is 0.346 e. The molecule has 0 saturated carbocycles. The molecule has 0 N–H and O–H groups in total. The van der Waals surface area contributed by atoms with Crippen LogP contribution in [-0.2, 0) is 16.0 Å². The summed E-state index contributed by atoms with van der Waals surface area (Å²) in [6, 6.07) is 12.8. The summed E-state index contributed by atoms with van der Waals surface area (Å²) in [4.78, 5) is 24.0. The molecule has 1 aliphatic heterocycles. The van der Waals surface area contributed by atoms with E-state index in [1.54, 1.807) is 31.2 Å². The molecular formula is C21H20O5. The Morgan fingerprint density at radius 2 is 1.92 bits per heavy atom. The fraction of sp³-hybridized carbons (Fsp3) is 0.238. The van der Waals surface area contributed by atoms with Crippen molar-refractivity contribution in [1.29, 1.82) is 0 Å². The van der Waals surface area contributed by atoms with Gasteiger partial charge in [0, 0.05) is 6.07 Å². The van der Waals surface area contributed by atoms with Crippen LogP contribution in [0, 0.1) is 0 Å². The molecule has 0 radical (unpaired) electrons. The number of benzene rings is 2. The molecule has 2 aromatic carbocycles. The summed E-state index contributed by atoms with van der Waals surface area (Å²) in [6.07, 6.45) is 1.94. The number of methoxy groups -OCH3 is 1. The molecule has 0 aliphatic carbocycles. The van der Waals surface area contributed by atoms with E-state index >= 15 is 0 Å². The lowest BCUT2D eigenvalue weighted by molar-refractivity contribution is -0.147. The van der Waals surface area contributed by atoms with Gasteiger partial charge in [0.2, 0.25) is 5.78 Å². The Kier molecular flexibility index (Phi) is 5.07. The van der Waals surface area contributed by atoms with Gasteiger partial charge >= 0.3 is 5.97 Å². The molecule has 134 valence electrons. The van der Waals surface area contributed by atoms with Crippen molar-refractivity contribution in [3.8, 4) is 11.5 Å². The standard InChI is InChI=1S/C21H20O5/c1-4-14-5-7-15(8-6-14)11-19-20(22)17-10-9-16(12-18(17)26-19)25-13(2)21(23)24-3/h5-13H,4H2,1-3H3/b19-11-. The first-order valence-electron chi connectivity index (χ1n) is 8.43. The van der Waals surface area contributed by atoms with Gasteiger partial charge in [-0.25, -0.2) is 4.79 Å². The van der Waals surface area contributed by atoms with E-state index in [0.717, 1.165) is 12.0 Å². The van der Waals surface area contributed by atoms with Crippen LogP contribution in [0.1, 0.15) is 35.3 Å². The highest BCUT2D eigenvalue weighted by Crippen LogP contribution is 2.35. The zero-order valence-electron chi connectivity index (χ0n) is 14.9. The first kappa shape index (κ1) is 17.7. The molecule has 1 atom stereocenters. The minimum absolute atomic E-state index is 0.174. The summed E-state index contributed by atoms with van der Waals surface area (Å²) in [5.74, 6) is 0.470. The van der Waals surface area contributed by atoms with Gasteiger partial charge in [-0.05, 0) is 42.7 Å². The number of carbonyl (C=O) groups is 2. The Bertz CT molecular complexity index is 864. The summed E-state index contributed by atoms with van der Waals surface area (Å²) in [7, 11) is 1.30. The molecule has 0 bridgehead atoms. The Morgan fingerprint density at radius 3 is 2.58 bits per heavy atom. The number of ketones is 1. The molecule has 1 aliphatic rings. The topological polar surface area (TPSA) is 61.8 Å². The third kappa shape index (κ3) is 3.61. The average Bonchev–Trinajstić information content (AvgIpc) is 2.96. The Labute approximate surface area is 152 Å². The van der Waals surface area contributed by atoms with Gasteiger partial charge in [-0.15, -0.1) is 0 Å². The normalized spacial score (nSPS) is 15.3. The Morgan fingerprint density at radius 1 is 1.19 bits per heavy atom. The zero-order valence-corrected chi connectivity index (χ0v) is 14.9. The molecule has 0 saturated heterocycles. The van der Waals surface area contributed by atoms with Crippen molar-refractivity contribution in [2.45, 2.75) is 26.4 Å². The summed E-state index contributed by atoms with van der Waals surface area (Å²) in [5, 5.41) is 0. The maximum atomic E-state index is 12.5. The van der Waals surface area contributed by atoms with Crippen LogP contribution in [-0.4, -0.2) is 25.0 Å². The molecule has 5 nitrogen and oxygen atoms in total. The van der Waals surface area contributed by atoms with E-state index in [2.05, 4.69) is 11.7 Å². The summed E-state index contributed by atoms with van der Waals surface area (Å²) >= 11 is 0. The predicted octanol–water partition coefficient (Wildman–Crippen LogP) is 3.81. The average molecular weight is 352 g/mol. The van der Waals surface area contributed by atoms with Crippen molar-refractivity contribution in [3.05, 3.63) is 64.9 Å². The molecule has 3 rings (SSSR count). The van der Waals surface area contributed by atoms with Crippen molar-refractivity contribution in [2.75, 3.05) is 7.11 Å². The lowest BCUT2D eigenvalue weighted by Crippen LogP contribution is -2.24. The number of esters is 1. The third-order valence-electron chi connectivity index (χ3n) is 4.17. The minimum atomic E-state index is -0.748. The first-order chi connectivity index (χ1) is 12.5. The van der Waals surface area contributed by atoms with E-state index in [-0.39, 0.29) is 11.5 Å². The van der Waals surface area contributed by atoms with Crippen LogP contribution in [0.3, 0.4) is 0 Å². The fourth-order valence-corrected chi connectivity index (χ4v) is 2.66. The number of ether oxygens (including phenoxy) is 3. The molecule has 1 unspecified atom stereocenters. The number of hydrogen-bond acceptors (Lipinski definition) is 5. The summed E-state index contributed by atoms with van der Waals surface area (Å²) in [5.41, 5.74) is 2.60. The number of hydrogen-bond donors (Lipinski definition) is 0. The molecule has 0 amide bonds. The van der Waals surface area contributed by atoms with Gasteiger partial charge < -0.3 is 14.2 Å². The van der Waals surface area contributed by atoms with Crippen molar-refractivity contribution < 1.29 is 23.8 Å². The lowest BCUT2D eigenvalue weighted by Gasteiger charge is -2.12. The largest absolute Gasteiger partial charge is 0.479 e. The van der Waals surface area contributed by atoms with Gasteiger partial charge in [0.05, 0.1) is 12.7 Å². The fourth-order valence-electron chi connectivity index (χ4n) is 2.66. The van der Waals surface area contributed by atoms with Crippen LogP contribution >= 0.6 is 0 Å². The van der Waals surface area contributed by atoms with Crippen molar-refractivity contribution in [3.63, 3.8) is 0 Å². The van der Waals surface area contributed by atoms with Crippen LogP contribution in [0.2, 0.25) is 0 Å². The number of rotatable bonds is 5. The van der Waals surface area contributed by atoms with E-state index in [0.29, 0.717) is 17.1 Å². The first-order valence-corrected chi connectivity index (χ1v) is 8.43. The predicted molar refractivity (Wildman–Crippen MR) is 97.3 cm³/mol. The van der Waals surface area contributed by atoms with Gasteiger partial charge in [0.1, 0.15) is 11.5 Å². The van der Waals surface area contributed by atoms with Gasteiger partial charge in [-0.2, -0.15) is 0 Å². The van der Waals surface area contributed by atoms with Crippen LogP contribution in [0.15, 0.2) is 48.2 Å². The molecule has 0 fully saturated rings. The highest BCUT2D eigenvalue weighted by molar-refractivity contribution is 6.14. The molecule has 5 heteroatoms. The second-order valence-corrected chi connectivity index (χ2v) is 5.98. The molecule has 0 spiro atoms. The Hall–Kier alpha value is -3.08. The molecule has 26 heavy (non-hydrogen) atoms. The van der Waals surface area contributed by atoms with Gasteiger partial charge in [0.15, 0.2) is 11.9 Å². The highest BCUT2D eigenvalue weighted by Gasteiger charge is 2.28. The second-order valence-electron chi connectivity index (χ2n) is 5.98. The lowest BCUT2D eigenvalue weighted by atomic mass is 10.1. The zero-order chi connectivity index (χ0) is 18.7. The van der Waals surface area contributed by atoms with Crippen molar-refractivity contribution in [1.82, 2.24) is 0 Å². The minimum Gasteiger partial charge on any atom is -0.479 e. The SMILES string of the molecule is CCc1ccc(/C=C2\Oc3cc(OC(C)C(=O)OC)ccc3C2=O)cc1. The molecule has 0 aromatic heterocycles. The van der Waals surface area contributed by atoms with E-state index in [9.17, 15) is 9.59 Å². The van der Waals surface area contributed by atoms with Gasteiger partial charge in [-0.3, -0.25) is 4.79 Å². The monoisotopic (exact) mass is 352 g/mol. The number of fused-ring (bicyclic) bond motifs is 1. The van der Waals surface area contributed by atoms with Crippen LogP contribution in [0.4, 0.5) is 0 Å². The van der Waals surface area contributed by atoms with E-state index in [4.69, 9.17) is 9.47 Å². The molecular weight excluding hydrogens is 332 g/mol. The third-order valence-corrected chi connectivity index (χ3v) is 4.17. The molecule has 1 heterocycles. The van der Waals surface area contributed by atoms with Gasteiger partial charge in [0.25, 0.3) is 0 Å². The number of Topliss-reactive ketones (excluding diaryl/α,β-unsaturated/α-hetero) is 1. The highest BCUT2D eigenvalue weighted by atomic mass is 16.6. The quantitative estimate of drug-likeness (QED) is 0.605. The van der Waals surface area contributed by atoms with Crippen LogP contribution in [0.5, 0.6) is 11.5 Å². The van der Waals surface area contributed by atoms with E-state index < -0.39 is 12.1 Å². The van der Waals surface area contributed by atoms with Crippen molar-refractivity contribution in [2.24, 2.45) is 0 Å². The van der Waals surface area contributed by atoms with Crippen LogP contribution in [0.25, 0.3) is 6.08 Å². The van der Waals surface area contributed by atoms with E-state index in [1.165, 1.54) is 12.7 Å². The van der Waals surface area contributed by atoms with Gasteiger partial charge in [-0.1, -0.05) is 31.2 Å². The molecule has 2 aromatic rings. The maximum Gasteiger partial charge on any atom is 0.346 e. The summed E-state index contributed by atoms with van der Waals surface area (Å²) in [6.45, 7) is 3.69. The van der Waals surface area contributed by atoms with E-state index in [1.807, 2.05) is 24.3 Å². The number of allylic oxidation sites excluding steroid dienone is 1. The Balaban J connectivity index is 1.79. The number of carbonyl (C=O) groups excluding carboxylic acids is 2. The number of aryl methyl sites for hydroxylation is 1. The summed E-state index contributed by atoms with van der Waals surface area (Å²) < 4.78 is 15.9. The van der Waals surface area contributed by atoms with Crippen molar-refractivity contribution >= 4 is 17.8 Å².